The van der Waals surface area contributed by atoms with Gasteiger partial charge in [-0.15, -0.1) is 0 Å². The number of rotatable bonds is 2. The minimum absolute atomic E-state index is 0.0242. The number of aryl methyl sites for hydroxylation is 1. The Kier molecular flexibility index (Phi) is 3.10. The first-order valence-electron chi connectivity index (χ1n) is 6.56. The molecule has 0 saturated carbocycles. The van der Waals surface area contributed by atoms with E-state index in [2.05, 4.69) is 10.2 Å². The monoisotopic (exact) mass is 268 g/mol. The summed E-state index contributed by atoms with van der Waals surface area (Å²) in [5.41, 5.74) is 2.98. The van der Waals surface area contributed by atoms with Crippen molar-refractivity contribution in [3.05, 3.63) is 53.9 Å². The van der Waals surface area contributed by atoms with E-state index in [1.165, 1.54) is 0 Å². The van der Waals surface area contributed by atoms with E-state index in [0.717, 1.165) is 23.3 Å². The number of benzene rings is 1. The topological polar surface area (TPSA) is 50.5 Å². The molecule has 102 valence electrons. The fraction of sp³-hybridized carbons (Fsp3) is 0.267. The molecule has 5 heteroatoms. The quantitative estimate of drug-likeness (QED) is 0.837. The zero-order valence-electron chi connectivity index (χ0n) is 11.5. The van der Waals surface area contributed by atoms with E-state index in [0.29, 0.717) is 0 Å². The predicted molar refractivity (Wildman–Crippen MR) is 76.1 cm³/mol. The van der Waals surface area contributed by atoms with Gasteiger partial charge in [0, 0.05) is 32.2 Å². The number of hydrogen-bond acceptors (Lipinski definition) is 3. The van der Waals surface area contributed by atoms with E-state index < -0.39 is 0 Å². The molecule has 3 rings (SSSR count). The van der Waals surface area contributed by atoms with Crippen LogP contribution in [0.1, 0.15) is 30.5 Å². The van der Waals surface area contributed by atoms with Crippen LogP contribution in [0.2, 0.25) is 0 Å². The molecular weight excluding hydrogens is 252 g/mol. The van der Waals surface area contributed by atoms with Gasteiger partial charge in [-0.2, -0.15) is 10.2 Å². The minimum Gasteiger partial charge on any atom is -0.275 e. The van der Waals surface area contributed by atoms with Crippen molar-refractivity contribution in [3.63, 3.8) is 0 Å². The molecule has 0 N–H and O–H groups in total. The van der Waals surface area contributed by atoms with E-state index in [9.17, 15) is 4.79 Å². The highest BCUT2D eigenvalue weighted by Gasteiger charge is 2.31. The van der Waals surface area contributed by atoms with Gasteiger partial charge in [-0.1, -0.05) is 30.3 Å². The molecule has 1 amide bonds. The predicted octanol–water partition coefficient (Wildman–Crippen LogP) is 2.12. The molecule has 0 fully saturated rings. The summed E-state index contributed by atoms with van der Waals surface area (Å²) in [5.74, 6) is -0.0438. The molecule has 2 aromatic rings. The van der Waals surface area contributed by atoms with Gasteiger partial charge in [0.15, 0.2) is 0 Å². The van der Waals surface area contributed by atoms with Crippen LogP contribution in [0.3, 0.4) is 0 Å². The van der Waals surface area contributed by atoms with Crippen LogP contribution >= 0.6 is 0 Å². The highest BCUT2D eigenvalue weighted by Crippen LogP contribution is 2.32. The van der Waals surface area contributed by atoms with Gasteiger partial charge in [-0.05, 0) is 5.56 Å². The number of nitrogens with zero attached hydrogens (tertiary/aromatic N) is 4. The number of hydrogen-bond donors (Lipinski definition) is 0. The lowest BCUT2D eigenvalue weighted by Crippen LogP contribution is -2.24. The highest BCUT2D eigenvalue weighted by molar-refractivity contribution is 6.02. The standard InChI is InChI=1S/C15H16N4O/c1-11(20)19-15(12-6-4-3-5-7-12)8-14(17-19)13-9-16-18(2)10-13/h3-7,9-10,15H,8H2,1-2H3. The normalized spacial score (nSPS) is 18.2. The lowest BCUT2D eigenvalue weighted by atomic mass is 10.00. The maximum absolute atomic E-state index is 11.8. The summed E-state index contributed by atoms with van der Waals surface area (Å²) in [6.45, 7) is 1.55. The number of carbonyl (C=O) groups is 1. The van der Waals surface area contributed by atoms with E-state index in [1.54, 1.807) is 22.8 Å². The molecule has 1 atom stereocenters. The minimum atomic E-state index is -0.0438. The summed E-state index contributed by atoms with van der Waals surface area (Å²) >= 11 is 0. The summed E-state index contributed by atoms with van der Waals surface area (Å²) in [6.07, 6.45) is 4.42. The van der Waals surface area contributed by atoms with E-state index in [1.807, 2.05) is 43.6 Å². The lowest BCUT2D eigenvalue weighted by molar-refractivity contribution is -0.130. The summed E-state index contributed by atoms with van der Waals surface area (Å²) in [6, 6.07) is 9.97. The van der Waals surface area contributed by atoms with Crippen molar-refractivity contribution in [1.82, 2.24) is 14.8 Å². The van der Waals surface area contributed by atoms with Gasteiger partial charge >= 0.3 is 0 Å². The number of amides is 1. The molecule has 0 radical (unpaired) electrons. The van der Waals surface area contributed by atoms with Crippen molar-refractivity contribution in [2.24, 2.45) is 12.1 Å². The molecule has 5 nitrogen and oxygen atoms in total. The average Bonchev–Trinajstić information content (AvgIpc) is 3.05. The zero-order chi connectivity index (χ0) is 14.1. The maximum Gasteiger partial charge on any atom is 0.240 e. The van der Waals surface area contributed by atoms with Gasteiger partial charge in [0.05, 0.1) is 18.0 Å². The van der Waals surface area contributed by atoms with Gasteiger partial charge in [0.2, 0.25) is 5.91 Å². The van der Waals surface area contributed by atoms with Crippen LogP contribution in [0.15, 0.2) is 47.8 Å². The van der Waals surface area contributed by atoms with Crippen molar-refractivity contribution in [2.75, 3.05) is 0 Å². The number of carbonyl (C=O) groups excluding carboxylic acids is 1. The third-order valence-corrected chi connectivity index (χ3v) is 3.46. The molecule has 1 aromatic carbocycles. The third-order valence-electron chi connectivity index (χ3n) is 3.46. The Morgan fingerprint density at radius 1 is 1.30 bits per heavy atom. The van der Waals surface area contributed by atoms with Crippen LogP contribution in [-0.4, -0.2) is 26.4 Å². The Bertz CT molecular complexity index is 660. The fourth-order valence-electron chi connectivity index (χ4n) is 2.48. The van der Waals surface area contributed by atoms with E-state index >= 15 is 0 Å². The molecule has 2 heterocycles. The summed E-state index contributed by atoms with van der Waals surface area (Å²) in [7, 11) is 1.87. The van der Waals surface area contributed by atoms with Crippen LogP contribution in [0, 0.1) is 0 Å². The van der Waals surface area contributed by atoms with Crippen molar-refractivity contribution in [3.8, 4) is 0 Å². The van der Waals surface area contributed by atoms with Crippen LogP contribution in [-0.2, 0) is 11.8 Å². The summed E-state index contributed by atoms with van der Waals surface area (Å²) in [5, 5.41) is 10.2. The third kappa shape index (κ3) is 2.22. The number of hydrazone groups is 1. The Morgan fingerprint density at radius 2 is 2.05 bits per heavy atom. The largest absolute Gasteiger partial charge is 0.275 e. The van der Waals surface area contributed by atoms with Gasteiger partial charge in [-0.3, -0.25) is 9.48 Å². The molecule has 1 aromatic heterocycles. The van der Waals surface area contributed by atoms with E-state index in [4.69, 9.17) is 0 Å². The Balaban J connectivity index is 1.94. The van der Waals surface area contributed by atoms with Gasteiger partial charge in [0.1, 0.15) is 0 Å². The van der Waals surface area contributed by atoms with E-state index in [-0.39, 0.29) is 11.9 Å². The maximum atomic E-state index is 11.8. The number of aromatic nitrogens is 2. The molecule has 0 spiro atoms. The lowest BCUT2D eigenvalue weighted by Gasteiger charge is -2.20. The summed E-state index contributed by atoms with van der Waals surface area (Å²) in [4.78, 5) is 11.8. The van der Waals surface area contributed by atoms with Gasteiger partial charge in [-0.25, -0.2) is 5.01 Å². The van der Waals surface area contributed by atoms with Gasteiger partial charge in [0.25, 0.3) is 0 Å². The Hall–Kier alpha value is -2.43. The molecule has 20 heavy (non-hydrogen) atoms. The second-order valence-corrected chi connectivity index (χ2v) is 4.94. The van der Waals surface area contributed by atoms with Crippen molar-refractivity contribution < 1.29 is 4.79 Å². The summed E-state index contributed by atoms with van der Waals surface area (Å²) < 4.78 is 1.74. The van der Waals surface area contributed by atoms with Crippen molar-refractivity contribution in [1.29, 1.82) is 0 Å². The molecule has 0 aliphatic carbocycles. The molecule has 1 aliphatic rings. The first-order valence-corrected chi connectivity index (χ1v) is 6.56. The average molecular weight is 268 g/mol. The van der Waals surface area contributed by atoms with Crippen LogP contribution < -0.4 is 0 Å². The molecule has 0 saturated heterocycles. The zero-order valence-corrected chi connectivity index (χ0v) is 11.5. The molecule has 1 aliphatic heterocycles. The SMILES string of the molecule is CC(=O)N1N=C(c2cnn(C)c2)CC1c1ccccc1. The molecule has 0 bridgehead atoms. The van der Waals surface area contributed by atoms with Crippen molar-refractivity contribution >= 4 is 11.6 Å². The second-order valence-electron chi connectivity index (χ2n) is 4.94. The first-order chi connectivity index (χ1) is 9.65. The first kappa shape index (κ1) is 12.6. The van der Waals surface area contributed by atoms with Crippen LogP contribution in [0.5, 0.6) is 0 Å². The van der Waals surface area contributed by atoms with Crippen LogP contribution in [0.4, 0.5) is 0 Å². The van der Waals surface area contributed by atoms with Crippen molar-refractivity contribution in [2.45, 2.75) is 19.4 Å². The smallest absolute Gasteiger partial charge is 0.240 e. The molecule has 1 unspecified atom stereocenters. The Morgan fingerprint density at radius 3 is 2.65 bits per heavy atom. The second kappa shape index (κ2) is 4.92. The Labute approximate surface area is 117 Å². The molecular formula is C15H16N4O. The van der Waals surface area contributed by atoms with Gasteiger partial charge < -0.3 is 0 Å². The highest BCUT2D eigenvalue weighted by atomic mass is 16.2. The van der Waals surface area contributed by atoms with Crippen LogP contribution in [0.25, 0.3) is 0 Å². The fourth-order valence-corrected chi connectivity index (χ4v) is 2.48.